The van der Waals surface area contributed by atoms with Crippen molar-refractivity contribution in [1.82, 2.24) is 15.5 Å². The first-order valence-electron chi connectivity index (χ1n) is 7.97. The highest BCUT2D eigenvalue weighted by Gasteiger charge is 2.14. The molecule has 8 heteroatoms. The van der Waals surface area contributed by atoms with E-state index in [1.165, 1.54) is 0 Å². The Hall–Kier alpha value is -0.610. The van der Waals surface area contributed by atoms with Crippen LogP contribution in [0.4, 0.5) is 0 Å². The minimum atomic E-state index is 0. The van der Waals surface area contributed by atoms with E-state index in [9.17, 15) is 4.79 Å². The molecule has 0 aromatic rings. The average molecular weight is 442 g/mol. The van der Waals surface area contributed by atoms with Gasteiger partial charge in [0.25, 0.3) is 0 Å². The fourth-order valence-corrected chi connectivity index (χ4v) is 2.10. The van der Waals surface area contributed by atoms with Gasteiger partial charge in [-0.05, 0) is 19.3 Å². The van der Waals surface area contributed by atoms with Crippen molar-refractivity contribution < 1.29 is 14.3 Å². The molecule has 0 aliphatic carbocycles. The van der Waals surface area contributed by atoms with Crippen LogP contribution in [0.2, 0.25) is 0 Å². The van der Waals surface area contributed by atoms with Crippen molar-refractivity contribution in [2.45, 2.75) is 31.8 Å². The normalized spacial score (nSPS) is 17.5. The van der Waals surface area contributed by atoms with Gasteiger partial charge in [-0.3, -0.25) is 9.79 Å². The van der Waals surface area contributed by atoms with E-state index in [1.807, 2.05) is 0 Å². The Balaban J connectivity index is 0.00000484. The predicted octanol–water partition coefficient (Wildman–Crippen LogP) is 0.833. The molecule has 0 spiro atoms. The van der Waals surface area contributed by atoms with Crippen LogP contribution in [0.1, 0.15) is 25.7 Å². The average Bonchev–Trinajstić information content (AvgIpc) is 3.01. The number of guanidine groups is 1. The van der Waals surface area contributed by atoms with Crippen LogP contribution in [0.15, 0.2) is 4.99 Å². The summed E-state index contributed by atoms with van der Waals surface area (Å²) in [7, 11) is 5.23. The summed E-state index contributed by atoms with van der Waals surface area (Å²) in [6.07, 6.45) is 3.91. The Morgan fingerprint density at radius 1 is 1.35 bits per heavy atom. The molecule has 0 bridgehead atoms. The number of nitrogens with zero attached hydrogens (tertiary/aromatic N) is 2. The van der Waals surface area contributed by atoms with E-state index in [0.717, 1.165) is 32.4 Å². The molecule has 1 aliphatic heterocycles. The van der Waals surface area contributed by atoms with Crippen LogP contribution in [0, 0.1) is 0 Å². The maximum atomic E-state index is 11.5. The number of aliphatic imine (C=N–C) groups is 1. The van der Waals surface area contributed by atoms with Crippen LogP contribution in [0.3, 0.4) is 0 Å². The molecule has 23 heavy (non-hydrogen) atoms. The zero-order valence-electron chi connectivity index (χ0n) is 14.5. The molecule has 1 unspecified atom stereocenters. The molecule has 0 radical (unpaired) electrons. The predicted molar refractivity (Wildman–Crippen MR) is 103 cm³/mol. The maximum Gasteiger partial charge on any atom is 0.223 e. The van der Waals surface area contributed by atoms with Gasteiger partial charge in [-0.2, -0.15) is 0 Å². The summed E-state index contributed by atoms with van der Waals surface area (Å²) in [4.78, 5) is 17.2. The second-order valence-corrected chi connectivity index (χ2v) is 5.53. The highest BCUT2D eigenvalue weighted by molar-refractivity contribution is 14.0. The zero-order chi connectivity index (χ0) is 16.2. The summed E-state index contributed by atoms with van der Waals surface area (Å²) >= 11 is 0. The topological polar surface area (TPSA) is 75.2 Å². The van der Waals surface area contributed by atoms with Gasteiger partial charge in [0, 0.05) is 53.9 Å². The number of amides is 1. The summed E-state index contributed by atoms with van der Waals surface area (Å²) in [6.45, 7) is 3.63. The van der Waals surface area contributed by atoms with Gasteiger partial charge >= 0.3 is 0 Å². The van der Waals surface area contributed by atoms with E-state index >= 15 is 0 Å². The van der Waals surface area contributed by atoms with Gasteiger partial charge in [0.05, 0.1) is 12.7 Å². The van der Waals surface area contributed by atoms with Gasteiger partial charge in [-0.25, -0.2) is 0 Å². The Kier molecular flexibility index (Phi) is 13.4. The van der Waals surface area contributed by atoms with E-state index in [-0.39, 0.29) is 36.0 Å². The summed E-state index contributed by atoms with van der Waals surface area (Å²) < 4.78 is 11.1. The lowest BCUT2D eigenvalue weighted by Gasteiger charge is -2.14. The minimum absolute atomic E-state index is 0. The lowest BCUT2D eigenvalue weighted by atomic mass is 10.2. The Labute approximate surface area is 156 Å². The molecular weight excluding hydrogens is 411 g/mol. The molecule has 0 aromatic carbocycles. The maximum absolute atomic E-state index is 11.5. The second kappa shape index (κ2) is 13.8. The highest BCUT2D eigenvalue weighted by Crippen LogP contribution is 2.11. The molecule has 0 aromatic heterocycles. The van der Waals surface area contributed by atoms with E-state index in [2.05, 4.69) is 15.6 Å². The molecule has 1 rings (SSSR count). The molecule has 136 valence electrons. The van der Waals surface area contributed by atoms with Crippen molar-refractivity contribution in [2.24, 2.45) is 4.99 Å². The number of hydrogen-bond donors (Lipinski definition) is 2. The summed E-state index contributed by atoms with van der Waals surface area (Å²) in [6, 6.07) is 0. The van der Waals surface area contributed by atoms with Crippen LogP contribution in [0.5, 0.6) is 0 Å². The number of hydrogen-bond acceptors (Lipinski definition) is 4. The van der Waals surface area contributed by atoms with Gasteiger partial charge in [0.2, 0.25) is 5.91 Å². The first kappa shape index (κ1) is 22.4. The zero-order valence-corrected chi connectivity index (χ0v) is 16.8. The van der Waals surface area contributed by atoms with Gasteiger partial charge in [0.15, 0.2) is 5.96 Å². The fourth-order valence-electron chi connectivity index (χ4n) is 2.10. The van der Waals surface area contributed by atoms with E-state index in [1.54, 1.807) is 26.0 Å². The van der Waals surface area contributed by atoms with Gasteiger partial charge in [-0.1, -0.05) is 0 Å². The smallest absolute Gasteiger partial charge is 0.223 e. The lowest BCUT2D eigenvalue weighted by Crippen LogP contribution is -2.39. The van der Waals surface area contributed by atoms with Crippen molar-refractivity contribution in [1.29, 1.82) is 0 Å². The first-order valence-corrected chi connectivity index (χ1v) is 7.97. The van der Waals surface area contributed by atoms with E-state index in [0.29, 0.717) is 32.1 Å². The van der Waals surface area contributed by atoms with Crippen molar-refractivity contribution in [3.63, 3.8) is 0 Å². The summed E-state index contributed by atoms with van der Waals surface area (Å²) in [5, 5.41) is 6.32. The van der Waals surface area contributed by atoms with Crippen LogP contribution >= 0.6 is 24.0 Å². The first-order chi connectivity index (χ1) is 10.6. The molecule has 7 nitrogen and oxygen atoms in total. The number of carbonyl (C=O) groups excluding carboxylic acids is 1. The van der Waals surface area contributed by atoms with Crippen LogP contribution in [-0.4, -0.2) is 76.9 Å². The number of nitrogens with one attached hydrogen (secondary N) is 2. The van der Waals surface area contributed by atoms with Crippen LogP contribution in [0.25, 0.3) is 0 Å². The van der Waals surface area contributed by atoms with Crippen LogP contribution < -0.4 is 10.6 Å². The van der Waals surface area contributed by atoms with Crippen molar-refractivity contribution in [3.05, 3.63) is 0 Å². The van der Waals surface area contributed by atoms with Crippen molar-refractivity contribution in [2.75, 3.05) is 54.1 Å². The quantitative estimate of drug-likeness (QED) is 0.240. The SMILES string of the molecule is CN=C(NCCCOCC1CCCO1)NCCC(=O)N(C)C.I. The van der Waals surface area contributed by atoms with Gasteiger partial charge in [-0.15, -0.1) is 24.0 Å². The third-order valence-corrected chi connectivity index (χ3v) is 3.44. The third-order valence-electron chi connectivity index (χ3n) is 3.44. The molecule has 1 atom stereocenters. The van der Waals surface area contributed by atoms with Crippen LogP contribution in [-0.2, 0) is 14.3 Å². The molecule has 1 saturated heterocycles. The monoisotopic (exact) mass is 442 g/mol. The highest BCUT2D eigenvalue weighted by atomic mass is 127. The third kappa shape index (κ3) is 10.7. The minimum Gasteiger partial charge on any atom is -0.379 e. The molecular formula is C15H31IN4O3. The Morgan fingerprint density at radius 2 is 2.09 bits per heavy atom. The number of rotatable bonds is 9. The fraction of sp³-hybridized carbons (Fsp3) is 0.867. The van der Waals surface area contributed by atoms with Crippen molar-refractivity contribution >= 4 is 35.8 Å². The molecule has 2 N–H and O–H groups in total. The molecule has 1 amide bonds. The Bertz CT molecular complexity index is 348. The van der Waals surface area contributed by atoms with Gasteiger partial charge in [0.1, 0.15) is 0 Å². The molecule has 1 fully saturated rings. The number of halogens is 1. The lowest BCUT2D eigenvalue weighted by molar-refractivity contribution is -0.128. The molecule has 1 heterocycles. The summed E-state index contributed by atoms with van der Waals surface area (Å²) in [5.41, 5.74) is 0. The van der Waals surface area contributed by atoms with Crippen molar-refractivity contribution in [3.8, 4) is 0 Å². The van der Waals surface area contributed by atoms with E-state index < -0.39 is 0 Å². The molecule has 1 aliphatic rings. The number of ether oxygens (including phenoxy) is 2. The standard InChI is InChI=1S/C15H30N4O3.HI/c1-16-15(18-9-7-14(20)19(2)3)17-8-5-10-21-12-13-6-4-11-22-13;/h13H,4-12H2,1-3H3,(H2,16,17,18);1H. The second-order valence-electron chi connectivity index (χ2n) is 5.53. The molecule has 0 saturated carbocycles. The number of carbonyl (C=O) groups is 1. The Morgan fingerprint density at radius 3 is 2.70 bits per heavy atom. The van der Waals surface area contributed by atoms with Gasteiger partial charge < -0.3 is 25.0 Å². The van der Waals surface area contributed by atoms with E-state index in [4.69, 9.17) is 9.47 Å². The summed E-state index contributed by atoms with van der Waals surface area (Å²) in [5.74, 6) is 0.816. The largest absolute Gasteiger partial charge is 0.379 e.